The molecule has 2 heterocycles. The summed E-state index contributed by atoms with van der Waals surface area (Å²) in [5, 5.41) is 14.1. The molecule has 1 saturated heterocycles. The SMILES string of the molecule is N#CC1=C2C(CC=C1)CCCN2N1C=Cc2ccccc2C1. The number of nitriles is 1. The maximum absolute atomic E-state index is 9.48. The van der Waals surface area contributed by atoms with Crippen LogP contribution in [0.25, 0.3) is 6.08 Å². The minimum atomic E-state index is 0.499. The minimum Gasteiger partial charge on any atom is -0.288 e. The summed E-state index contributed by atoms with van der Waals surface area (Å²) in [5.41, 5.74) is 4.70. The number of nitrogens with zero attached hydrogens (tertiary/aromatic N) is 3. The van der Waals surface area contributed by atoms with E-state index in [0.29, 0.717) is 5.92 Å². The Morgan fingerprint density at radius 3 is 3.00 bits per heavy atom. The zero-order chi connectivity index (χ0) is 14.9. The molecule has 3 nitrogen and oxygen atoms in total. The molecule has 0 N–H and O–H groups in total. The number of piperidine rings is 1. The third kappa shape index (κ3) is 2.12. The largest absolute Gasteiger partial charge is 0.288 e. The summed E-state index contributed by atoms with van der Waals surface area (Å²) in [4.78, 5) is 0. The van der Waals surface area contributed by atoms with Gasteiger partial charge in [-0.3, -0.25) is 10.0 Å². The Bertz CT molecular complexity index is 720. The van der Waals surface area contributed by atoms with E-state index in [-0.39, 0.29) is 0 Å². The summed E-state index contributed by atoms with van der Waals surface area (Å²) in [5.74, 6) is 0.499. The third-order valence-corrected chi connectivity index (χ3v) is 4.81. The molecule has 1 aliphatic carbocycles. The predicted molar refractivity (Wildman–Crippen MR) is 86.8 cm³/mol. The lowest BCUT2D eigenvalue weighted by molar-refractivity contribution is 0.0181. The van der Waals surface area contributed by atoms with Crippen molar-refractivity contribution in [3.8, 4) is 6.07 Å². The van der Waals surface area contributed by atoms with Crippen molar-refractivity contribution < 1.29 is 0 Å². The highest BCUT2D eigenvalue weighted by Gasteiger charge is 2.32. The number of rotatable bonds is 1. The first-order valence-electron chi connectivity index (χ1n) is 7.98. The van der Waals surface area contributed by atoms with Crippen LogP contribution in [0.5, 0.6) is 0 Å². The van der Waals surface area contributed by atoms with Crippen LogP contribution in [0.3, 0.4) is 0 Å². The molecule has 1 unspecified atom stereocenters. The molecule has 4 rings (SSSR count). The normalized spacial score (nSPS) is 23.1. The smallest absolute Gasteiger partial charge is 0.101 e. The van der Waals surface area contributed by atoms with Gasteiger partial charge in [-0.05, 0) is 42.5 Å². The molecule has 3 heteroatoms. The molecule has 0 spiro atoms. The van der Waals surface area contributed by atoms with E-state index < -0.39 is 0 Å². The van der Waals surface area contributed by atoms with Crippen molar-refractivity contribution in [3.63, 3.8) is 0 Å². The monoisotopic (exact) mass is 289 g/mol. The number of allylic oxidation sites excluding steroid dienone is 4. The van der Waals surface area contributed by atoms with E-state index in [9.17, 15) is 5.26 Å². The Balaban J connectivity index is 1.69. The summed E-state index contributed by atoms with van der Waals surface area (Å²) in [6.07, 6.45) is 11.9. The zero-order valence-electron chi connectivity index (χ0n) is 12.6. The summed E-state index contributed by atoms with van der Waals surface area (Å²) in [6, 6.07) is 10.9. The van der Waals surface area contributed by atoms with Crippen molar-refractivity contribution in [2.45, 2.75) is 25.8 Å². The molecule has 0 bridgehead atoms. The Kier molecular flexibility index (Phi) is 3.23. The lowest BCUT2D eigenvalue weighted by Crippen LogP contribution is -2.45. The van der Waals surface area contributed by atoms with E-state index >= 15 is 0 Å². The van der Waals surface area contributed by atoms with Crippen molar-refractivity contribution in [1.29, 1.82) is 5.26 Å². The van der Waals surface area contributed by atoms with Crippen LogP contribution in [0, 0.1) is 17.2 Å². The molecule has 1 aromatic rings. The van der Waals surface area contributed by atoms with Gasteiger partial charge in [-0.15, -0.1) is 0 Å². The van der Waals surface area contributed by atoms with Gasteiger partial charge >= 0.3 is 0 Å². The van der Waals surface area contributed by atoms with Crippen LogP contribution in [0.4, 0.5) is 0 Å². The summed E-state index contributed by atoms with van der Waals surface area (Å²) in [6.45, 7) is 1.88. The molecule has 110 valence electrons. The number of hydrogen-bond donors (Lipinski definition) is 0. The van der Waals surface area contributed by atoms with E-state index in [4.69, 9.17) is 0 Å². The molecule has 22 heavy (non-hydrogen) atoms. The van der Waals surface area contributed by atoms with Crippen molar-refractivity contribution in [1.82, 2.24) is 10.0 Å². The third-order valence-electron chi connectivity index (χ3n) is 4.81. The maximum Gasteiger partial charge on any atom is 0.101 e. The molecule has 2 aliphatic heterocycles. The van der Waals surface area contributed by atoms with E-state index in [1.165, 1.54) is 29.7 Å². The first-order chi connectivity index (χ1) is 10.9. The fourth-order valence-electron chi connectivity index (χ4n) is 3.74. The average molecular weight is 289 g/mol. The number of hydrogen-bond acceptors (Lipinski definition) is 3. The number of benzene rings is 1. The van der Waals surface area contributed by atoms with Gasteiger partial charge < -0.3 is 0 Å². The Morgan fingerprint density at radius 2 is 2.09 bits per heavy atom. The number of hydrazine groups is 1. The molecule has 0 saturated carbocycles. The number of fused-ring (bicyclic) bond motifs is 2. The van der Waals surface area contributed by atoms with Crippen LogP contribution < -0.4 is 0 Å². The molecular formula is C19H19N3. The lowest BCUT2D eigenvalue weighted by Gasteiger charge is -2.45. The predicted octanol–water partition coefficient (Wildman–Crippen LogP) is 3.84. The standard InChI is InChI=1S/C19H19N3/c20-13-17-8-3-7-16-9-4-11-22(19(16)17)21-12-10-15-5-1-2-6-18(15)14-21/h1-3,5-6,8,10,12,16H,4,7,9,11,14H2. The van der Waals surface area contributed by atoms with Crippen molar-refractivity contribution >= 4 is 6.08 Å². The Labute approximate surface area is 131 Å². The van der Waals surface area contributed by atoms with Crippen molar-refractivity contribution in [2.24, 2.45) is 5.92 Å². The molecular weight excluding hydrogens is 270 g/mol. The van der Waals surface area contributed by atoms with Gasteiger partial charge in [0.25, 0.3) is 0 Å². The van der Waals surface area contributed by atoms with Crippen LogP contribution in [0.15, 0.2) is 53.9 Å². The van der Waals surface area contributed by atoms with Gasteiger partial charge in [0.05, 0.1) is 17.8 Å². The highest BCUT2D eigenvalue weighted by molar-refractivity contribution is 5.55. The van der Waals surface area contributed by atoms with E-state index in [0.717, 1.165) is 25.1 Å². The highest BCUT2D eigenvalue weighted by atomic mass is 15.6. The molecule has 1 fully saturated rings. The second-order valence-corrected chi connectivity index (χ2v) is 6.12. The summed E-state index contributed by atoms with van der Waals surface area (Å²) in [7, 11) is 0. The second-order valence-electron chi connectivity index (χ2n) is 6.12. The van der Waals surface area contributed by atoms with E-state index in [2.05, 4.69) is 58.7 Å². The van der Waals surface area contributed by atoms with Crippen LogP contribution in [0.1, 0.15) is 30.4 Å². The first-order valence-corrected chi connectivity index (χ1v) is 7.98. The summed E-state index contributed by atoms with van der Waals surface area (Å²) >= 11 is 0. The quantitative estimate of drug-likeness (QED) is 0.787. The minimum absolute atomic E-state index is 0.499. The topological polar surface area (TPSA) is 30.3 Å². The molecule has 0 radical (unpaired) electrons. The summed E-state index contributed by atoms with van der Waals surface area (Å²) < 4.78 is 0. The molecule has 0 amide bonds. The van der Waals surface area contributed by atoms with E-state index in [1.54, 1.807) is 0 Å². The van der Waals surface area contributed by atoms with Gasteiger partial charge in [-0.25, -0.2) is 0 Å². The van der Waals surface area contributed by atoms with Gasteiger partial charge in [0.15, 0.2) is 0 Å². The molecule has 0 aromatic heterocycles. The zero-order valence-corrected chi connectivity index (χ0v) is 12.6. The van der Waals surface area contributed by atoms with Crippen LogP contribution in [-0.2, 0) is 6.54 Å². The average Bonchev–Trinajstić information content (AvgIpc) is 2.60. The van der Waals surface area contributed by atoms with Crippen LogP contribution in [-0.4, -0.2) is 16.6 Å². The molecule has 1 aromatic carbocycles. The van der Waals surface area contributed by atoms with Crippen LogP contribution >= 0.6 is 0 Å². The molecule has 3 aliphatic rings. The first kappa shape index (κ1) is 13.2. The fourth-order valence-corrected chi connectivity index (χ4v) is 3.74. The van der Waals surface area contributed by atoms with Gasteiger partial charge in [-0.2, -0.15) is 5.26 Å². The fraction of sp³-hybridized carbons (Fsp3) is 0.316. The highest BCUT2D eigenvalue weighted by Crippen LogP contribution is 2.37. The van der Waals surface area contributed by atoms with Crippen LogP contribution in [0.2, 0.25) is 0 Å². The van der Waals surface area contributed by atoms with Gasteiger partial charge in [-0.1, -0.05) is 30.3 Å². The molecule has 1 atom stereocenters. The maximum atomic E-state index is 9.48. The van der Waals surface area contributed by atoms with Gasteiger partial charge in [0.2, 0.25) is 0 Å². The Hall–Kier alpha value is -2.47. The van der Waals surface area contributed by atoms with Gasteiger partial charge in [0.1, 0.15) is 6.07 Å². The van der Waals surface area contributed by atoms with E-state index in [1.807, 2.05) is 6.08 Å². The van der Waals surface area contributed by atoms with Crippen molar-refractivity contribution in [3.05, 3.63) is 65.0 Å². The Morgan fingerprint density at radius 1 is 1.18 bits per heavy atom. The lowest BCUT2D eigenvalue weighted by atomic mass is 9.85. The second kappa shape index (κ2) is 5.38. The van der Waals surface area contributed by atoms with Gasteiger partial charge in [0, 0.05) is 18.7 Å². The van der Waals surface area contributed by atoms with Crippen molar-refractivity contribution in [2.75, 3.05) is 6.54 Å².